The van der Waals surface area contributed by atoms with Gasteiger partial charge in [0.15, 0.2) is 0 Å². The molecular weight excluding hydrogens is 296 g/mol. The molecule has 17 heavy (non-hydrogen) atoms. The molecular formula is C15H12BrCl. The Labute approximate surface area is 115 Å². The van der Waals surface area contributed by atoms with Crippen molar-refractivity contribution in [3.8, 4) is 11.1 Å². The van der Waals surface area contributed by atoms with Crippen molar-refractivity contribution in [1.82, 2.24) is 0 Å². The van der Waals surface area contributed by atoms with Crippen LogP contribution in [0.25, 0.3) is 11.1 Å². The lowest BCUT2D eigenvalue weighted by Gasteiger charge is -2.22. The van der Waals surface area contributed by atoms with Gasteiger partial charge in [-0.15, -0.1) is 0 Å². The van der Waals surface area contributed by atoms with Crippen LogP contribution in [0.5, 0.6) is 0 Å². The van der Waals surface area contributed by atoms with Gasteiger partial charge in [-0.2, -0.15) is 0 Å². The highest BCUT2D eigenvalue weighted by Crippen LogP contribution is 2.51. The van der Waals surface area contributed by atoms with Gasteiger partial charge in [-0.1, -0.05) is 65.6 Å². The molecule has 0 saturated carbocycles. The molecule has 0 aromatic heterocycles. The summed E-state index contributed by atoms with van der Waals surface area (Å²) in [6.45, 7) is 4.47. The Kier molecular flexibility index (Phi) is 2.39. The van der Waals surface area contributed by atoms with Crippen molar-refractivity contribution in [1.29, 1.82) is 0 Å². The Bertz CT molecular complexity index is 614. The number of halogens is 2. The zero-order valence-electron chi connectivity index (χ0n) is 9.72. The van der Waals surface area contributed by atoms with Crippen molar-refractivity contribution in [2.24, 2.45) is 0 Å². The van der Waals surface area contributed by atoms with Crippen LogP contribution < -0.4 is 0 Å². The molecule has 0 N–H and O–H groups in total. The van der Waals surface area contributed by atoms with E-state index in [9.17, 15) is 0 Å². The van der Waals surface area contributed by atoms with E-state index in [1.54, 1.807) is 0 Å². The molecule has 86 valence electrons. The molecule has 0 unspecified atom stereocenters. The third-order valence-corrected chi connectivity index (χ3v) is 4.33. The van der Waals surface area contributed by atoms with Gasteiger partial charge in [0.2, 0.25) is 0 Å². The molecule has 2 aromatic rings. The minimum atomic E-state index is -0.0102. The van der Waals surface area contributed by atoms with Gasteiger partial charge >= 0.3 is 0 Å². The van der Waals surface area contributed by atoms with E-state index in [0.29, 0.717) is 0 Å². The van der Waals surface area contributed by atoms with E-state index in [1.165, 1.54) is 22.3 Å². The van der Waals surface area contributed by atoms with Crippen LogP contribution in [0.1, 0.15) is 25.0 Å². The summed E-state index contributed by atoms with van der Waals surface area (Å²) in [5.41, 5.74) is 5.14. The minimum Gasteiger partial charge on any atom is -0.0839 e. The van der Waals surface area contributed by atoms with Crippen LogP contribution in [0.3, 0.4) is 0 Å². The number of hydrogen-bond acceptors (Lipinski definition) is 0. The second kappa shape index (κ2) is 3.60. The predicted molar refractivity (Wildman–Crippen MR) is 76.7 cm³/mol. The zero-order chi connectivity index (χ0) is 12.2. The van der Waals surface area contributed by atoms with E-state index in [4.69, 9.17) is 11.6 Å². The highest BCUT2D eigenvalue weighted by molar-refractivity contribution is 9.10. The van der Waals surface area contributed by atoms with Gasteiger partial charge in [0.1, 0.15) is 0 Å². The Morgan fingerprint density at radius 3 is 2.53 bits per heavy atom. The molecule has 2 aromatic carbocycles. The first-order valence-corrected chi connectivity index (χ1v) is 6.78. The van der Waals surface area contributed by atoms with Crippen molar-refractivity contribution >= 4 is 27.5 Å². The molecule has 0 amide bonds. The molecule has 0 nitrogen and oxygen atoms in total. The van der Waals surface area contributed by atoms with Crippen molar-refractivity contribution in [2.45, 2.75) is 19.3 Å². The van der Waals surface area contributed by atoms with Crippen LogP contribution in [-0.2, 0) is 5.41 Å². The van der Waals surface area contributed by atoms with Crippen molar-refractivity contribution < 1.29 is 0 Å². The van der Waals surface area contributed by atoms with E-state index in [1.807, 2.05) is 6.07 Å². The van der Waals surface area contributed by atoms with Gasteiger partial charge in [0.05, 0.1) is 0 Å². The topological polar surface area (TPSA) is 0 Å². The maximum Gasteiger partial charge on any atom is 0.0464 e. The number of rotatable bonds is 0. The first-order valence-electron chi connectivity index (χ1n) is 5.61. The third-order valence-electron chi connectivity index (χ3n) is 3.57. The number of benzene rings is 2. The summed E-state index contributed by atoms with van der Waals surface area (Å²) in [6, 6.07) is 12.7. The van der Waals surface area contributed by atoms with E-state index in [0.717, 1.165) is 9.50 Å². The second-order valence-electron chi connectivity index (χ2n) is 4.98. The molecule has 0 saturated heterocycles. The largest absolute Gasteiger partial charge is 0.0839 e. The Morgan fingerprint density at radius 1 is 1.06 bits per heavy atom. The van der Waals surface area contributed by atoms with Gasteiger partial charge in [-0.3, -0.25) is 0 Å². The zero-order valence-corrected chi connectivity index (χ0v) is 12.1. The van der Waals surface area contributed by atoms with Gasteiger partial charge in [-0.05, 0) is 34.4 Å². The first kappa shape index (κ1) is 11.3. The average molecular weight is 308 g/mol. The quantitative estimate of drug-likeness (QED) is 0.610. The molecule has 3 rings (SSSR count). The molecule has 0 bridgehead atoms. The lowest BCUT2D eigenvalue weighted by atomic mass is 9.82. The molecule has 1 aliphatic rings. The van der Waals surface area contributed by atoms with Crippen LogP contribution in [0.15, 0.2) is 40.9 Å². The van der Waals surface area contributed by atoms with Gasteiger partial charge in [0, 0.05) is 14.9 Å². The van der Waals surface area contributed by atoms with E-state index in [2.05, 4.69) is 60.1 Å². The summed E-state index contributed by atoms with van der Waals surface area (Å²) >= 11 is 9.94. The number of hydrogen-bond donors (Lipinski definition) is 0. The number of fused-ring (bicyclic) bond motifs is 3. The predicted octanol–water partition coefficient (Wildman–Crippen LogP) is 5.41. The molecule has 0 spiro atoms. The summed E-state index contributed by atoms with van der Waals surface area (Å²) in [5.74, 6) is 0. The molecule has 0 radical (unpaired) electrons. The van der Waals surface area contributed by atoms with E-state index in [-0.39, 0.29) is 5.41 Å². The molecule has 0 aliphatic heterocycles. The molecule has 0 atom stereocenters. The maximum absolute atomic E-state index is 6.42. The van der Waals surface area contributed by atoms with Crippen molar-refractivity contribution in [2.75, 3.05) is 0 Å². The summed E-state index contributed by atoms with van der Waals surface area (Å²) in [5, 5.41) is 0.843. The van der Waals surface area contributed by atoms with Crippen molar-refractivity contribution in [3.05, 3.63) is 57.0 Å². The lowest BCUT2D eigenvalue weighted by molar-refractivity contribution is 0.660. The standard InChI is InChI=1S/C15H12BrCl/c1-15(2)12-6-4-3-5-10(12)11-7-9(16)8-13(17)14(11)15/h3-8H,1-2H3. The molecule has 2 heteroatoms. The van der Waals surface area contributed by atoms with Crippen LogP contribution in [0.2, 0.25) is 5.02 Å². The summed E-state index contributed by atoms with van der Waals surface area (Å²) in [4.78, 5) is 0. The Morgan fingerprint density at radius 2 is 1.76 bits per heavy atom. The first-order chi connectivity index (χ1) is 8.01. The average Bonchev–Trinajstić information content (AvgIpc) is 2.49. The SMILES string of the molecule is CC1(C)c2ccccc2-c2cc(Br)cc(Cl)c21. The van der Waals surface area contributed by atoms with Gasteiger partial charge in [-0.25, -0.2) is 0 Å². The summed E-state index contributed by atoms with van der Waals surface area (Å²) < 4.78 is 1.04. The highest BCUT2D eigenvalue weighted by atomic mass is 79.9. The minimum absolute atomic E-state index is 0.0102. The normalized spacial score (nSPS) is 15.5. The van der Waals surface area contributed by atoms with Crippen LogP contribution in [-0.4, -0.2) is 0 Å². The maximum atomic E-state index is 6.42. The molecule has 1 aliphatic carbocycles. The third kappa shape index (κ3) is 1.49. The fourth-order valence-corrected chi connectivity index (χ4v) is 3.86. The summed E-state index contributed by atoms with van der Waals surface area (Å²) in [7, 11) is 0. The highest BCUT2D eigenvalue weighted by Gasteiger charge is 2.37. The monoisotopic (exact) mass is 306 g/mol. The van der Waals surface area contributed by atoms with E-state index < -0.39 is 0 Å². The lowest BCUT2D eigenvalue weighted by Crippen LogP contribution is -2.15. The summed E-state index contributed by atoms with van der Waals surface area (Å²) in [6.07, 6.45) is 0. The van der Waals surface area contributed by atoms with Gasteiger partial charge in [0.25, 0.3) is 0 Å². The molecule has 0 fully saturated rings. The Balaban J connectivity index is 2.44. The Hall–Kier alpha value is -0.790. The fraction of sp³-hybridized carbons (Fsp3) is 0.200. The van der Waals surface area contributed by atoms with Crippen molar-refractivity contribution in [3.63, 3.8) is 0 Å². The van der Waals surface area contributed by atoms with Crippen LogP contribution in [0.4, 0.5) is 0 Å². The van der Waals surface area contributed by atoms with Crippen LogP contribution >= 0.6 is 27.5 Å². The van der Waals surface area contributed by atoms with Crippen LogP contribution in [0, 0.1) is 0 Å². The fourth-order valence-electron chi connectivity index (χ4n) is 2.82. The second-order valence-corrected chi connectivity index (χ2v) is 6.30. The van der Waals surface area contributed by atoms with E-state index >= 15 is 0 Å². The smallest absolute Gasteiger partial charge is 0.0464 e. The molecule has 0 heterocycles. The van der Waals surface area contributed by atoms with Gasteiger partial charge < -0.3 is 0 Å².